The minimum absolute atomic E-state index is 0.231. The van der Waals surface area contributed by atoms with E-state index in [1.165, 1.54) is 18.4 Å². The first-order valence-electron chi connectivity index (χ1n) is 3.53. The Balaban J connectivity index is 3.26. The summed E-state index contributed by atoms with van der Waals surface area (Å²) in [5, 5.41) is 0.419. The monoisotopic (exact) mass is 265 g/mol. The van der Waals surface area contributed by atoms with E-state index in [4.69, 9.17) is 4.78 Å². The molecule has 1 unspecified atom stereocenters. The van der Waals surface area contributed by atoms with E-state index in [1.54, 1.807) is 0 Å². The van der Waals surface area contributed by atoms with Gasteiger partial charge >= 0.3 is 0 Å². The van der Waals surface area contributed by atoms with Gasteiger partial charge in [-0.25, -0.2) is 13.4 Å². The minimum atomic E-state index is -2.81. The molecule has 1 aromatic rings. The molecule has 1 aromatic carbocycles. The first kappa shape index (κ1) is 10.7. The lowest BCUT2D eigenvalue weighted by molar-refractivity contribution is 0.612. The molecule has 1 rings (SSSR count). The molecule has 0 fully saturated rings. The summed E-state index contributed by atoms with van der Waals surface area (Å²) in [7, 11) is -2.81. The molecule has 0 spiro atoms. The van der Waals surface area contributed by atoms with Crippen molar-refractivity contribution in [3.8, 4) is 0 Å². The Kier molecular flexibility index (Phi) is 3.08. The first-order valence-corrected chi connectivity index (χ1v) is 6.62. The summed E-state index contributed by atoms with van der Waals surface area (Å²) in [6.07, 6.45) is 1.27. The molecule has 1 atom stereocenters. The third kappa shape index (κ3) is 2.51. The van der Waals surface area contributed by atoms with Gasteiger partial charge in [-0.3, -0.25) is 0 Å². The maximum Gasteiger partial charge on any atom is 0.128 e. The van der Waals surface area contributed by atoms with Gasteiger partial charge < -0.3 is 0 Å². The Morgan fingerprint density at radius 1 is 1.62 bits per heavy atom. The van der Waals surface area contributed by atoms with Gasteiger partial charge in [0.25, 0.3) is 0 Å². The maximum atomic E-state index is 13.1. The predicted octanol–water partition coefficient (Wildman–Crippen LogP) is 2.76. The van der Waals surface area contributed by atoms with Gasteiger partial charge in [0.2, 0.25) is 0 Å². The van der Waals surface area contributed by atoms with Crippen molar-refractivity contribution in [1.82, 2.24) is 0 Å². The molecule has 1 N–H and O–H groups in total. The SMILES string of the molecule is CS(=N)(=O)c1ccc(CBr)c(F)c1. The molecule has 0 saturated heterocycles. The van der Waals surface area contributed by atoms with E-state index in [1.807, 2.05) is 0 Å². The molecule has 0 amide bonds. The Morgan fingerprint density at radius 2 is 2.23 bits per heavy atom. The van der Waals surface area contributed by atoms with Crippen molar-refractivity contribution in [2.45, 2.75) is 10.2 Å². The highest BCUT2D eigenvalue weighted by Gasteiger charge is 2.07. The van der Waals surface area contributed by atoms with E-state index in [0.717, 1.165) is 6.07 Å². The van der Waals surface area contributed by atoms with Gasteiger partial charge in [-0.05, 0) is 17.7 Å². The third-order valence-electron chi connectivity index (χ3n) is 1.62. The van der Waals surface area contributed by atoms with Gasteiger partial charge in [0.15, 0.2) is 0 Å². The molecule has 0 aliphatic carbocycles. The summed E-state index contributed by atoms with van der Waals surface area (Å²) >= 11 is 3.13. The molecule has 0 bridgehead atoms. The molecule has 0 aromatic heterocycles. The van der Waals surface area contributed by atoms with Crippen LogP contribution in [-0.4, -0.2) is 10.5 Å². The number of halogens is 2. The van der Waals surface area contributed by atoms with E-state index in [2.05, 4.69) is 15.9 Å². The number of benzene rings is 1. The Morgan fingerprint density at radius 3 is 2.62 bits per heavy atom. The number of hydrogen-bond acceptors (Lipinski definition) is 2. The van der Waals surface area contributed by atoms with Crippen molar-refractivity contribution in [3.05, 3.63) is 29.6 Å². The van der Waals surface area contributed by atoms with Crippen LogP contribution in [0.25, 0.3) is 0 Å². The highest BCUT2D eigenvalue weighted by atomic mass is 79.9. The summed E-state index contributed by atoms with van der Waals surface area (Å²) in [6, 6.07) is 4.22. The van der Waals surface area contributed by atoms with Crippen LogP contribution in [0.2, 0.25) is 0 Å². The molecule has 0 aliphatic heterocycles. The lowest BCUT2D eigenvalue weighted by Crippen LogP contribution is -1.97. The summed E-state index contributed by atoms with van der Waals surface area (Å²) in [6.45, 7) is 0. The number of rotatable bonds is 2. The molecule has 0 radical (unpaired) electrons. The second-order valence-electron chi connectivity index (χ2n) is 2.73. The maximum absolute atomic E-state index is 13.1. The zero-order chi connectivity index (χ0) is 10.1. The molecular formula is C8H9BrFNOS. The van der Waals surface area contributed by atoms with E-state index >= 15 is 0 Å². The molecule has 72 valence electrons. The molecule has 0 heterocycles. The average Bonchev–Trinajstić information content (AvgIpc) is 2.02. The number of hydrogen-bond donors (Lipinski definition) is 1. The summed E-state index contributed by atoms with van der Waals surface area (Å²) in [5.41, 5.74) is 0.507. The minimum Gasteiger partial charge on any atom is -0.249 e. The van der Waals surface area contributed by atoms with Crippen LogP contribution in [-0.2, 0) is 15.1 Å². The van der Waals surface area contributed by atoms with Crippen LogP contribution < -0.4 is 0 Å². The van der Waals surface area contributed by atoms with Crippen molar-refractivity contribution in [1.29, 1.82) is 4.78 Å². The van der Waals surface area contributed by atoms with Gasteiger partial charge in [0.1, 0.15) is 5.82 Å². The van der Waals surface area contributed by atoms with Crippen molar-refractivity contribution in [3.63, 3.8) is 0 Å². The first-order chi connectivity index (χ1) is 5.95. The van der Waals surface area contributed by atoms with Crippen LogP contribution in [0.3, 0.4) is 0 Å². The quantitative estimate of drug-likeness (QED) is 0.821. The number of nitrogens with one attached hydrogen (secondary N) is 1. The topological polar surface area (TPSA) is 40.9 Å². The van der Waals surface area contributed by atoms with Gasteiger partial charge in [-0.15, -0.1) is 0 Å². The number of alkyl halides is 1. The van der Waals surface area contributed by atoms with Crippen LogP contribution in [0.15, 0.2) is 23.1 Å². The van der Waals surface area contributed by atoms with Crippen molar-refractivity contribution >= 4 is 25.7 Å². The van der Waals surface area contributed by atoms with E-state index in [-0.39, 0.29) is 4.90 Å². The van der Waals surface area contributed by atoms with Gasteiger partial charge in [-0.1, -0.05) is 22.0 Å². The summed E-state index contributed by atoms with van der Waals surface area (Å²) in [4.78, 5) is 0.231. The fourth-order valence-electron chi connectivity index (χ4n) is 0.879. The molecule has 0 aliphatic rings. The molecule has 13 heavy (non-hydrogen) atoms. The van der Waals surface area contributed by atoms with Gasteiger partial charge in [0, 0.05) is 16.5 Å². The summed E-state index contributed by atoms with van der Waals surface area (Å²) < 4.78 is 31.6. The second-order valence-corrected chi connectivity index (χ2v) is 5.45. The molecular weight excluding hydrogens is 257 g/mol. The normalized spacial score (nSPS) is 15.3. The van der Waals surface area contributed by atoms with E-state index < -0.39 is 15.5 Å². The Hall–Kier alpha value is -0.420. The van der Waals surface area contributed by atoms with Crippen molar-refractivity contribution in [2.75, 3.05) is 6.26 Å². The predicted molar refractivity (Wildman–Crippen MR) is 54.1 cm³/mol. The lowest BCUT2D eigenvalue weighted by Gasteiger charge is -2.03. The highest BCUT2D eigenvalue weighted by molar-refractivity contribution is 9.08. The van der Waals surface area contributed by atoms with Crippen molar-refractivity contribution in [2.24, 2.45) is 0 Å². The smallest absolute Gasteiger partial charge is 0.128 e. The molecule has 2 nitrogen and oxygen atoms in total. The Labute approximate surface area is 85.3 Å². The average molecular weight is 266 g/mol. The third-order valence-corrected chi connectivity index (χ3v) is 3.38. The molecule has 5 heteroatoms. The van der Waals surface area contributed by atoms with Crippen LogP contribution in [0.1, 0.15) is 5.56 Å². The van der Waals surface area contributed by atoms with Crippen LogP contribution in [0, 0.1) is 10.6 Å². The van der Waals surface area contributed by atoms with E-state index in [0.29, 0.717) is 10.9 Å². The highest BCUT2D eigenvalue weighted by Crippen LogP contribution is 2.16. The largest absolute Gasteiger partial charge is 0.249 e. The lowest BCUT2D eigenvalue weighted by atomic mass is 10.2. The van der Waals surface area contributed by atoms with Crippen LogP contribution in [0.4, 0.5) is 4.39 Å². The van der Waals surface area contributed by atoms with Crippen LogP contribution >= 0.6 is 15.9 Å². The summed E-state index contributed by atoms with van der Waals surface area (Å²) in [5.74, 6) is -0.420. The fraction of sp³-hybridized carbons (Fsp3) is 0.250. The van der Waals surface area contributed by atoms with Gasteiger partial charge in [0.05, 0.1) is 9.73 Å². The fourth-order valence-corrected chi connectivity index (χ4v) is 1.99. The molecule has 0 saturated carbocycles. The van der Waals surface area contributed by atoms with Gasteiger partial charge in [-0.2, -0.15) is 0 Å². The van der Waals surface area contributed by atoms with E-state index in [9.17, 15) is 8.60 Å². The standard InChI is InChI=1S/C8H9BrFNOS/c1-13(11,12)7-3-2-6(5-9)8(10)4-7/h2-4,11H,5H2,1H3. The van der Waals surface area contributed by atoms with Crippen LogP contribution in [0.5, 0.6) is 0 Å². The second kappa shape index (κ2) is 3.75. The zero-order valence-electron chi connectivity index (χ0n) is 7.01. The zero-order valence-corrected chi connectivity index (χ0v) is 9.41. The Bertz CT molecular complexity index is 416. The van der Waals surface area contributed by atoms with Crippen molar-refractivity contribution < 1.29 is 8.60 Å².